The fourth-order valence-corrected chi connectivity index (χ4v) is 3.62. The molecule has 0 amide bonds. The second-order valence-corrected chi connectivity index (χ2v) is 6.79. The number of hydrogen-bond donors (Lipinski definition) is 0. The molecule has 3 aromatic rings. The van der Waals surface area contributed by atoms with Crippen molar-refractivity contribution in [2.75, 3.05) is 0 Å². The van der Waals surface area contributed by atoms with Crippen LogP contribution in [0.4, 0.5) is 0 Å². The smallest absolute Gasteiger partial charge is 0.0521 e. The van der Waals surface area contributed by atoms with Gasteiger partial charge in [-0.1, -0.05) is 66.0 Å². The van der Waals surface area contributed by atoms with Crippen molar-refractivity contribution in [1.29, 1.82) is 0 Å². The Kier molecular flexibility index (Phi) is 4.68. The highest BCUT2D eigenvalue weighted by atomic mass is 79.9. The minimum atomic E-state index is 1.14. The van der Waals surface area contributed by atoms with Gasteiger partial charge in [-0.05, 0) is 42.2 Å². The van der Waals surface area contributed by atoms with E-state index >= 15 is 0 Å². The third-order valence-electron chi connectivity index (χ3n) is 4.34. The van der Waals surface area contributed by atoms with E-state index in [1.54, 1.807) is 0 Å². The van der Waals surface area contributed by atoms with Gasteiger partial charge in [0.2, 0.25) is 0 Å². The summed E-state index contributed by atoms with van der Waals surface area (Å²) in [4.78, 5) is 0. The zero-order valence-electron chi connectivity index (χ0n) is 13.3. The van der Waals surface area contributed by atoms with Crippen LogP contribution in [-0.2, 0) is 13.5 Å². The summed E-state index contributed by atoms with van der Waals surface area (Å²) in [6, 6.07) is 17.4. The largest absolute Gasteiger partial charge is 0.343 e. The molecule has 0 aliphatic rings. The van der Waals surface area contributed by atoms with Crippen LogP contribution in [0.5, 0.6) is 0 Å². The lowest BCUT2D eigenvalue weighted by molar-refractivity contribution is 0.719. The predicted molar refractivity (Wildman–Crippen MR) is 99.3 cm³/mol. The van der Waals surface area contributed by atoms with Gasteiger partial charge in [-0.2, -0.15) is 0 Å². The summed E-state index contributed by atoms with van der Waals surface area (Å²) in [6.07, 6.45) is 4.95. The van der Waals surface area contributed by atoms with Crippen molar-refractivity contribution in [1.82, 2.24) is 4.57 Å². The van der Waals surface area contributed by atoms with Crippen LogP contribution in [0, 0.1) is 0 Å². The van der Waals surface area contributed by atoms with Crippen LogP contribution in [0.25, 0.3) is 22.2 Å². The Labute approximate surface area is 141 Å². The zero-order valence-corrected chi connectivity index (χ0v) is 14.9. The number of halogens is 1. The molecule has 0 spiro atoms. The number of fused-ring (bicyclic) bond motifs is 1. The molecule has 1 nitrogen and oxygen atoms in total. The molecule has 0 bridgehead atoms. The summed E-state index contributed by atoms with van der Waals surface area (Å²) in [6.45, 7) is 2.26. The lowest BCUT2D eigenvalue weighted by Gasteiger charge is -2.08. The van der Waals surface area contributed by atoms with Gasteiger partial charge in [0.05, 0.1) is 5.69 Å². The van der Waals surface area contributed by atoms with Crippen molar-refractivity contribution in [3.05, 3.63) is 58.6 Å². The van der Waals surface area contributed by atoms with E-state index in [-0.39, 0.29) is 0 Å². The third-order valence-corrected chi connectivity index (χ3v) is 4.84. The maximum atomic E-state index is 3.63. The lowest BCUT2D eigenvalue weighted by Crippen LogP contribution is -1.94. The van der Waals surface area contributed by atoms with E-state index < -0.39 is 0 Å². The molecule has 0 radical (unpaired) electrons. The molecular formula is C20H22BrN. The molecule has 0 saturated carbocycles. The number of hydrogen-bond acceptors (Lipinski definition) is 0. The Morgan fingerprint density at radius 3 is 2.50 bits per heavy atom. The average molecular weight is 356 g/mol. The van der Waals surface area contributed by atoms with E-state index in [2.05, 4.69) is 83.0 Å². The lowest BCUT2D eigenvalue weighted by atomic mass is 10.00. The second kappa shape index (κ2) is 6.70. The quantitative estimate of drug-likeness (QED) is 0.470. The first-order valence-corrected chi connectivity index (χ1v) is 8.84. The first kappa shape index (κ1) is 15.4. The number of unbranched alkanes of at least 4 members (excludes halogenated alkanes) is 2. The van der Waals surface area contributed by atoms with Crippen LogP contribution >= 0.6 is 15.9 Å². The molecule has 0 aliphatic carbocycles. The first-order chi connectivity index (χ1) is 10.7. The highest BCUT2D eigenvalue weighted by Gasteiger charge is 2.16. The van der Waals surface area contributed by atoms with Crippen molar-refractivity contribution in [2.24, 2.45) is 7.05 Å². The molecule has 0 N–H and O–H groups in total. The molecule has 1 aromatic heterocycles. The van der Waals surface area contributed by atoms with E-state index in [1.165, 1.54) is 47.0 Å². The molecule has 2 heteroatoms. The normalized spacial score (nSPS) is 11.2. The number of benzene rings is 2. The van der Waals surface area contributed by atoms with E-state index in [0.717, 1.165) is 10.9 Å². The van der Waals surface area contributed by atoms with Crippen LogP contribution in [0.15, 0.2) is 53.0 Å². The fraction of sp³-hybridized carbons (Fsp3) is 0.300. The summed E-state index contributed by atoms with van der Waals surface area (Å²) in [5.41, 5.74) is 5.47. The number of rotatable bonds is 5. The second-order valence-electron chi connectivity index (χ2n) is 5.87. The van der Waals surface area contributed by atoms with Crippen LogP contribution in [0.3, 0.4) is 0 Å². The molecule has 0 atom stereocenters. The van der Waals surface area contributed by atoms with Gasteiger partial charge in [-0.25, -0.2) is 0 Å². The number of aryl methyl sites for hydroxylation is 2. The van der Waals surface area contributed by atoms with E-state index in [1.807, 2.05) is 0 Å². The third kappa shape index (κ3) is 2.85. The molecule has 114 valence electrons. The van der Waals surface area contributed by atoms with Gasteiger partial charge < -0.3 is 4.57 Å². The molecular weight excluding hydrogens is 334 g/mol. The maximum absolute atomic E-state index is 3.63. The number of aromatic nitrogens is 1. The van der Waals surface area contributed by atoms with Crippen molar-refractivity contribution in [2.45, 2.75) is 32.6 Å². The molecule has 1 heterocycles. The van der Waals surface area contributed by atoms with Crippen LogP contribution in [0.2, 0.25) is 0 Å². The number of nitrogens with zero attached hydrogens (tertiary/aromatic N) is 1. The van der Waals surface area contributed by atoms with Gasteiger partial charge in [0.1, 0.15) is 0 Å². The average Bonchev–Trinajstić information content (AvgIpc) is 2.80. The van der Waals surface area contributed by atoms with Gasteiger partial charge in [0.15, 0.2) is 0 Å². The molecule has 3 rings (SSSR count). The minimum absolute atomic E-state index is 1.14. The van der Waals surface area contributed by atoms with Crippen molar-refractivity contribution in [3.63, 3.8) is 0 Å². The Hall–Kier alpha value is -1.54. The first-order valence-electron chi connectivity index (χ1n) is 8.04. The molecule has 22 heavy (non-hydrogen) atoms. The maximum Gasteiger partial charge on any atom is 0.0521 e. The summed E-state index contributed by atoms with van der Waals surface area (Å²) in [5.74, 6) is 0. The molecule has 0 fully saturated rings. The van der Waals surface area contributed by atoms with Gasteiger partial charge in [0, 0.05) is 22.4 Å². The Balaban J connectivity index is 2.20. The summed E-state index contributed by atoms with van der Waals surface area (Å²) >= 11 is 3.63. The predicted octanol–water partition coefficient (Wildman–Crippen LogP) is 6.34. The standard InChI is InChI=1S/C20H22BrN/c1-3-4-6-11-17-18-14-16(21)12-13-19(18)22(2)20(17)15-9-7-5-8-10-15/h5,7-10,12-14H,3-4,6,11H2,1-2H3. The SMILES string of the molecule is CCCCCc1c(-c2ccccc2)n(C)c2ccc(Br)cc12. The summed E-state index contributed by atoms with van der Waals surface area (Å²) in [5, 5.41) is 1.38. The van der Waals surface area contributed by atoms with Gasteiger partial charge in [-0.15, -0.1) is 0 Å². The minimum Gasteiger partial charge on any atom is -0.343 e. The fourth-order valence-electron chi connectivity index (χ4n) is 3.26. The Morgan fingerprint density at radius 1 is 1.00 bits per heavy atom. The Bertz CT molecular complexity index is 771. The van der Waals surface area contributed by atoms with Crippen molar-refractivity contribution in [3.8, 4) is 11.3 Å². The molecule has 0 saturated heterocycles. The molecule has 0 unspecified atom stereocenters. The highest BCUT2D eigenvalue weighted by Crippen LogP contribution is 2.35. The summed E-state index contributed by atoms with van der Waals surface area (Å²) in [7, 11) is 2.18. The zero-order chi connectivity index (χ0) is 15.5. The van der Waals surface area contributed by atoms with Crippen molar-refractivity contribution < 1.29 is 0 Å². The van der Waals surface area contributed by atoms with Crippen LogP contribution in [0.1, 0.15) is 31.7 Å². The topological polar surface area (TPSA) is 4.93 Å². The molecule has 2 aromatic carbocycles. The van der Waals surface area contributed by atoms with Crippen LogP contribution in [-0.4, -0.2) is 4.57 Å². The van der Waals surface area contributed by atoms with Gasteiger partial charge >= 0.3 is 0 Å². The Morgan fingerprint density at radius 2 is 1.77 bits per heavy atom. The van der Waals surface area contributed by atoms with E-state index in [9.17, 15) is 0 Å². The molecule has 0 aliphatic heterocycles. The van der Waals surface area contributed by atoms with Gasteiger partial charge in [-0.3, -0.25) is 0 Å². The van der Waals surface area contributed by atoms with E-state index in [0.29, 0.717) is 0 Å². The highest BCUT2D eigenvalue weighted by molar-refractivity contribution is 9.10. The van der Waals surface area contributed by atoms with Gasteiger partial charge in [0.25, 0.3) is 0 Å². The summed E-state index contributed by atoms with van der Waals surface area (Å²) < 4.78 is 3.50. The van der Waals surface area contributed by atoms with Crippen LogP contribution < -0.4 is 0 Å². The van der Waals surface area contributed by atoms with E-state index in [4.69, 9.17) is 0 Å². The monoisotopic (exact) mass is 355 g/mol. The van der Waals surface area contributed by atoms with Crippen molar-refractivity contribution >= 4 is 26.8 Å².